The summed E-state index contributed by atoms with van der Waals surface area (Å²) in [4.78, 5) is 27.0. The largest absolute Gasteiger partial charge is 0.512 e. The number of carboxylic acid groups (broad SMARTS) is 1. The summed E-state index contributed by atoms with van der Waals surface area (Å²) in [7, 11) is 0. The van der Waals surface area contributed by atoms with Gasteiger partial charge in [-0.05, 0) is 54.1 Å². The highest BCUT2D eigenvalue weighted by molar-refractivity contribution is 7.18. The third-order valence-corrected chi connectivity index (χ3v) is 6.40. The van der Waals surface area contributed by atoms with Gasteiger partial charge in [-0.1, -0.05) is 58.8 Å². The Bertz CT molecular complexity index is 1340. The number of aromatic amines is 1. The van der Waals surface area contributed by atoms with Crippen LogP contribution in [-0.2, 0) is 0 Å². The summed E-state index contributed by atoms with van der Waals surface area (Å²) in [6, 6.07) is 13.3. The zero-order valence-electron chi connectivity index (χ0n) is 17.8. The number of benzene rings is 2. The van der Waals surface area contributed by atoms with Crippen LogP contribution in [0.25, 0.3) is 21.8 Å². The van der Waals surface area contributed by atoms with Gasteiger partial charge in [0.1, 0.15) is 0 Å². The van der Waals surface area contributed by atoms with Gasteiger partial charge in [-0.25, -0.2) is 9.89 Å². The van der Waals surface area contributed by atoms with E-state index < -0.39 is 12.1 Å². The lowest BCUT2D eigenvalue weighted by molar-refractivity contribution is 0.0978. The Kier molecular flexibility index (Phi) is 6.82. The highest BCUT2D eigenvalue weighted by Gasteiger charge is 2.29. The molecule has 2 aromatic carbocycles. The number of rotatable bonds is 6. The summed E-state index contributed by atoms with van der Waals surface area (Å²) >= 11 is 13.4. The fraction of sp³-hybridized carbons (Fsp3) is 0.136. The summed E-state index contributed by atoms with van der Waals surface area (Å²) in [5.74, 6) is 0.106. The normalized spacial score (nSPS) is 11.0. The number of nitrogens with one attached hydrogen (secondary N) is 1. The van der Waals surface area contributed by atoms with Crippen LogP contribution in [0.2, 0.25) is 10.0 Å². The van der Waals surface area contributed by atoms with Crippen LogP contribution < -0.4 is 9.64 Å². The first-order valence-corrected chi connectivity index (χ1v) is 11.5. The van der Waals surface area contributed by atoms with Crippen molar-refractivity contribution in [3.05, 3.63) is 64.1 Å². The van der Waals surface area contributed by atoms with Crippen molar-refractivity contribution in [1.82, 2.24) is 20.6 Å². The molecule has 0 fully saturated rings. The van der Waals surface area contributed by atoms with Crippen molar-refractivity contribution in [3.8, 4) is 26.9 Å². The highest BCUT2D eigenvalue weighted by atomic mass is 35.5. The van der Waals surface area contributed by atoms with E-state index >= 15 is 0 Å². The minimum Gasteiger partial charge on any atom is -0.449 e. The van der Waals surface area contributed by atoms with E-state index in [-0.39, 0.29) is 21.7 Å². The van der Waals surface area contributed by atoms with Crippen molar-refractivity contribution in [3.63, 3.8) is 0 Å². The molecule has 0 aliphatic heterocycles. The Morgan fingerprint density at radius 3 is 2.38 bits per heavy atom. The topological polar surface area (TPSA) is 121 Å². The number of amides is 1. The number of carbonyl (C=O) groups excluding carboxylic acids is 1. The second kappa shape index (κ2) is 9.80. The molecule has 0 saturated heterocycles. The smallest absolute Gasteiger partial charge is 0.449 e. The number of thiophene rings is 1. The monoisotopic (exact) mass is 517 g/mol. The van der Waals surface area contributed by atoms with Crippen LogP contribution in [0.15, 0.2) is 48.5 Å². The van der Waals surface area contributed by atoms with Crippen LogP contribution in [0, 0.1) is 0 Å². The number of tetrazole rings is 1. The maximum Gasteiger partial charge on any atom is 0.512 e. The van der Waals surface area contributed by atoms with E-state index in [1.165, 1.54) is 17.0 Å². The lowest BCUT2D eigenvalue weighted by atomic mass is 10.1. The molecule has 4 rings (SSSR count). The Morgan fingerprint density at radius 1 is 1.09 bits per heavy atom. The summed E-state index contributed by atoms with van der Waals surface area (Å²) in [5, 5.41) is 23.6. The molecule has 2 N–H and O–H groups in total. The zero-order chi connectivity index (χ0) is 24.4. The van der Waals surface area contributed by atoms with E-state index in [1.54, 1.807) is 12.1 Å². The molecule has 0 radical (unpaired) electrons. The van der Waals surface area contributed by atoms with Crippen molar-refractivity contribution in [2.45, 2.75) is 19.9 Å². The van der Waals surface area contributed by atoms with Gasteiger partial charge >= 0.3 is 6.16 Å². The standard InChI is InChI=1S/C22H17Cl2N5O4S/c1-11(2)29(20(30)15-8-7-14(23)9-16(15)24)17-10-18(34-21(17)33-22(31)32)12-3-5-13(6-4-12)19-25-27-28-26-19/h3-11H,1-2H3,(H,31,32)(H,25,26,27,28). The molecule has 4 aromatic rings. The van der Waals surface area contributed by atoms with E-state index in [0.717, 1.165) is 22.5 Å². The molecule has 0 atom stereocenters. The Labute approximate surface area is 207 Å². The van der Waals surface area contributed by atoms with Crippen LogP contribution >= 0.6 is 34.5 Å². The van der Waals surface area contributed by atoms with Gasteiger partial charge < -0.3 is 14.7 Å². The molecule has 2 heterocycles. The van der Waals surface area contributed by atoms with Gasteiger partial charge in [0, 0.05) is 21.5 Å². The quantitative estimate of drug-likeness (QED) is 0.300. The Morgan fingerprint density at radius 2 is 1.79 bits per heavy atom. The second-order valence-electron chi connectivity index (χ2n) is 7.37. The molecule has 2 aromatic heterocycles. The van der Waals surface area contributed by atoms with Crippen LogP contribution in [0.1, 0.15) is 24.2 Å². The van der Waals surface area contributed by atoms with E-state index in [1.807, 2.05) is 38.1 Å². The molecule has 34 heavy (non-hydrogen) atoms. The van der Waals surface area contributed by atoms with Gasteiger partial charge in [-0.15, -0.1) is 5.10 Å². The molecule has 0 saturated carbocycles. The van der Waals surface area contributed by atoms with E-state index in [9.17, 15) is 14.7 Å². The summed E-state index contributed by atoms with van der Waals surface area (Å²) < 4.78 is 5.05. The average Bonchev–Trinajstić information content (AvgIpc) is 3.44. The van der Waals surface area contributed by atoms with E-state index in [4.69, 9.17) is 27.9 Å². The summed E-state index contributed by atoms with van der Waals surface area (Å²) in [5.41, 5.74) is 2.13. The number of hydrogen-bond donors (Lipinski definition) is 2. The number of nitrogens with zero attached hydrogens (tertiary/aromatic N) is 4. The third kappa shape index (κ3) is 4.89. The Hall–Kier alpha value is -3.47. The van der Waals surface area contributed by atoms with Gasteiger partial charge in [0.05, 0.1) is 16.3 Å². The van der Waals surface area contributed by atoms with E-state index in [2.05, 4.69) is 20.6 Å². The van der Waals surface area contributed by atoms with Crippen LogP contribution in [0.5, 0.6) is 5.06 Å². The number of aromatic nitrogens is 4. The van der Waals surface area contributed by atoms with Crippen LogP contribution in [-0.4, -0.2) is 43.8 Å². The molecule has 0 aliphatic rings. The first-order chi connectivity index (χ1) is 16.2. The molecular weight excluding hydrogens is 501 g/mol. The summed E-state index contributed by atoms with van der Waals surface area (Å²) in [6.07, 6.45) is -1.48. The molecule has 0 bridgehead atoms. The predicted octanol–water partition coefficient (Wildman–Crippen LogP) is 6.01. The van der Waals surface area contributed by atoms with Gasteiger partial charge in [-0.3, -0.25) is 4.79 Å². The van der Waals surface area contributed by atoms with Crippen LogP contribution in [0.4, 0.5) is 10.5 Å². The van der Waals surface area contributed by atoms with Gasteiger partial charge in [0.2, 0.25) is 5.06 Å². The van der Waals surface area contributed by atoms with Gasteiger partial charge in [-0.2, -0.15) is 0 Å². The fourth-order valence-corrected chi connectivity index (χ4v) is 4.80. The zero-order valence-corrected chi connectivity index (χ0v) is 20.1. The minimum atomic E-state index is -1.48. The van der Waals surface area contributed by atoms with Crippen molar-refractivity contribution in [1.29, 1.82) is 0 Å². The summed E-state index contributed by atoms with van der Waals surface area (Å²) in [6.45, 7) is 3.62. The third-order valence-electron chi connectivity index (χ3n) is 4.80. The SMILES string of the molecule is CC(C)N(C(=O)c1ccc(Cl)cc1Cl)c1cc(-c2ccc(-c3nnn[nH]3)cc2)sc1OC(=O)O. The number of halogens is 2. The maximum atomic E-state index is 13.5. The lowest BCUT2D eigenvalue weighted by Gasteiger charge is -2.27. The lowest BCUT2D eigenvalue weighted by Crippen LogP contribution is -2.37. The van der Waals surface area contributed by atoms with Crippen molar-refractivity contribution in [2.75, 3.05) is 4.90 Å². The molecule has 0 aliphatic carbocycles. The van der Waals surface area contributed by atoms with Crippen molar-refractivity contribution >= 4 is 52.3 Å². The average molecular weight is 518 g/mol. The van der Waals surface area contributed by atoms with Gasteiger partial charge in [0.15, 0.2) is 5.82 Å². The van der Waals surface area contributed by atoms with Crippen molar-refractivity contribution < 1.29 is 19.4 Å². The molecule has 9 nitrogen and oxygen atoms in total. The number of anilines is 1. The first kappa shape index (κ1) is 23.7. The molecule has 1 amide bonds. The number of hydrogen-bond acceptors (Lipinski definition) is 7. The van der Waals surface area contributed by atoms with Crippen LogP contribution in [0.3, 0.4) is 0 Å². The van der Waals surface area contributed by atoms with Crippen molar-refractivity contribution in [2.24, 2.45) is 0 Å². The van der Waals surface area contributed by atoms with Gasteiger partial charge in [0.25, 0.3) is 5.91 Å². The highest BCUT2D eigenvalue weighted by Crippen LogP contribution is 2.44. The Balaban J connectivity index is 1.76. The number of H-pyrrole nitrogens is 1. The first-order valence-electron chi connectivity index (χ1n) is 9.92. The molecule has 12 heteroatoms. The predicted molar refractivity (Wildman–Crippen MR) is 130 cm³/mol. The minimum absolute atomic E-state index is 0.0677. The molecule has 0 unspecified atom stereocenters. The molecular formula is C22H17Cl2N5O4S. The second-order valence-corrected chi connectivity index (χ2v) is 9.23. The van der Waals surface area contributed by atoms with E-state index in [0.29, 0.717) is 21.4 Å². The number of carbonyl (C=O) groups is 2. The maximum absolute atomic E-state index is 13.5. The molecule has 174 valence electrons. The molecule has 0 spiro atoms. The number of ether oxygens (including phenoxy) is 1. The fourth-order valence-electron chi connectivity index (χ4n) is 3.32.